The topological polar surface area (TPSA) is 41.5 Å². The van der Waals surface area contributed by atoms with E-state index < -0.39 is 0 Å². The van der Waals surface area contributed by atoms with Crippen molar-refractivity contribution in [3.8, 4) is 0 Å². The molecule has 0 spiro atoms. The van der Waals surface area contributed by atoms with Gasteiger partial charge in [-0.1, -0.05) is 26.2 Å². The first kappa shape index (κ1) is 11.0. The molecule has 0 bridgehead atoms. The van der Waals surface area contributed by atoms with Gasteiger partial charge in [-0.2, -0.15) is 0 Å². The first-order chi connectivity index (χ1) is 6.34. The summed E-state index contributed by atoms with van der Waals surface area (Å²) in [5, 5.41) is 12.7. The van der Waals surface area contributed by atoms with E-state index >= 15 is 0 Å². The SMILES string of the molecule is CCCCCCNC1COCC1O. The van der Waals surface area contributed by atoms with Gasteiger partial charge in [-0.15, -0.1) is 0 Å². The summed E-state index contributed by atoms with van der Waals surface area (Å²) in [7, 11) is 0. The van der Waals surface area contributed by atoms with E-state index in [4.69, 9.17) is 4.74 Å². The van der Waals surface area contributed by atoms with Crippen molar-refractivity contribution in [2.24, 2.45) is 0 Å². The van der Waals surface area contributed by atoms with Crippen molar-refractivity contribution in [3.05, 3.63) is 0 Å². The number of hydrogen-bond acceptors (Lipinski definition) is 3. The third-order valence-corrected chi connectivity index (χ3v) is 2.49. The molecule has 0 aliphatic carbocycles. The molecule has 0 aromatic rings. The van der Waals surface area contributed by atoms with Crippen LogP contribution in [-0.2, 0) is 4.74 Å². The Morgan fingerprint density at radius 2 is 2.15 bits per heavy atom. The van der Waals surface area contributed by atoms with Gasteiger partial charge >= 0.3 is 0 Å². The summed E-state index contributed by atoms with van der Waals surface area (Å²) in [4.78, 5) is 0. The van der Waals surface area contributed by atoms with Gasteiger partial charge in [0.1, 0.15) is 0 Å². The van der Waals surface area contributed by atoms with Crippen LogP contribution in [-0.4, -0.2) is 37.0 Å². The Kier molecular flexibility index (Phi) is 5.35. The Morgan fingerprint density at radius 1 is 1.31 bits per heavy atom. The molecule has 2 unspecified atom stereocenters. The summed E-state index contributed by atoms with van der Waals surface area (Å²) in [5.74, 6) is 0. The zero-order valence-electron chi connectivity index (χ0n) is 8.46. The molecule has 2 N–H and O–H groups in total. The molecular weight excluding hydrogens is 166 g/mol. The minimum absolute atomic E-state index is 0.168. The van der Waals surface area contributed by atoms with E-state index in [9.17, 15) is 5.11 Å². The molecule has 1 fully saturated rings. The molecule has 0 aromatic heterocycles. The third-order valence-electron chi connectivity index (χ3n) is 2.49. The maximum Gasteiger partial charge on any atom is 0.0948 e. The molecule has 1 saturated heterocycles. The van der Waals surface area contributed by atoms with Gasteiger partial charge in [-0.25, -0.2) is 0 Å². The van der Waals surface area contributed by atoms with Gasteiger partial charge in [-0.05, 0) is 13.0 Å². The van der Waals surface area contributed by atoms with E-state index in [0.717, 1.165) is 6.54 Å². The van der Waals surface area contributed by atoms with Gasteiger partial charge in [-0.3, -0.25) is 0 Å². The molecule has 0 amide bonds. The van der Waals surface area contributed by atoms with Crippen LogP contribution in [0.2, 0.25) is 0 Å². The van der Waals surface area contributed by atoms with Crippen LogP contribution >= 0.6 is 0 Å². The summed E-state index contributed by atoms with van der Waals surface area (Å²) >= 11 is 0. The lowest BCUT2D eigenvalue weighted by molar-refractivity contribution is 0.122. The second-order valence-corrected chi connectivity index (χ2v) is 3.73. The smallest absolute Gasteiger partial charge is 0.0948 e. The molecule has 0 saturated carbocycles. The molecule has 1 rings (SSSR count). The largest absolute Gasteiger partial charge is 0.389 e. The van der Waals surface area contributed by atoms with E-state index in [0.29, 0.717) is 13.2 Å². The lowest BCUT2D eigenvalue weighted by Crippen LogP contribution is -2.39. The highest BCUT2D eigenvalue weighted by atomic mass is 16.5. The molecular formula is C10H21NO2. The van der Waals surface area contributed by atoms with Crippen LogP contribution in [0.25, 0.3) is 0 Å². The van der Waals surface area contributed by atoms with Crippen molar-refractivity contribution in [2.75, 3.05) is 19.8 Å². The first-order valence-electron chi connectivity index (χ1n) is 5.33. The quantitative estimate of drug-likeness (QED) is 0.607. The second kappa shape index (κ2) is 6.35. The van der Waals surface area contributed by atoms with E-state index in [-0.39, 0.29) is 12.1 Å². The van der Waals surface area contributed by atoms with Crippen molar-refractivity contribution < 1.29 is 9.84 Å². The third kappa shape index (κ3) is 4.07. The lowest BCUT2D eigenvalue weighted by Gasteiger charge is -2.13. The van der Waals surface area contributed by atoms with Crippen LogP contribution in [0.4, 0.5) is 0 Å². The van der Waals surface area contributed by atoms with Crippen molar-refractivity contribution >= 4 is 0 Å². The number of aliphatic hydroxyl groups excluding tert-OH is 1. The molecule has 1 heterocycles. The van der Waals surface area contributed by atoms with E-state index in [2.05, 4.69) is 12.2 Å². The maximum atomic E-state index is 9.40. The highest BCUT2D eigenvalue weighted by molar-refractivity contribution is 4.80. The van der Waals surface area contributed by atoms with Crippen molar-refractivity contribution in [3.63, 3.8) is 0 Å². The van der Waals surface area contributed by atoms with Gasteiger partial charge in [0.05, 0.1) is 25.4 Å². The van der Waals surface area contributed by atoms with Crippen LogP contribution in [0.15, 0.2) is 0 Å². The summed E-state index contributed by atoms with van der Waals surface area (Å²) in [6.45, 7) is 4.37. The first-order valence-corrected chi connectivity index (χ1v) is 5.33. The van der Waals surface area contributed by atoms with Crippen molar-refractivity contribution in [2.45, 2.75) is 44.8 Å². The zero-order chi connectivity index (χ0) is 9.52. The highest BCUT2D eigenvalue weighted by Gasteiger charge is 2.24. The Morgan fingerprint density at radius 3 is 2.77 bits per heavy atom. The van der Waals surface area contributed by atoms with Crippen LogP contribution in [0.5, 0.6) is 0 Å². The predicted molar refractivity (Wildman–Crippen MR) is 52.8 cm³/mol. The summed E-state index contributed by atoms with van der Waals surface area (Å²) in [5.41, 5.74) is 0. The monoisotopic (exact) mass is 187 g/mol. The Hall–Kier alpha value is -0.120. The number of unbranched alkanes of at least 4 members (excludes halogenated alkanes) is 3. The fourth-order valence-electron chi connectivity index (χ4n) is 1.58. The molecule has 2 atom stereocenters. The average Bonchev–Trinajstić information content (AvgIpc) is 2.52. The van der Waals surface area contributed by atoms with E-state index in [1.165, 1.54) is 25.7 Å². The summed E-state index contributed by atoms with van der Waals surface area (Å²) in [6.07, 6.45) is 4.77. The van der Waals surface area contributed by atoms with Crippen molar-refractivity contribution in [1.82, 2.24) is 5.32 Å². The zero-order valence-corrected chi connectivity index (χ0v) is 8.46. The normalized spacial score (nSPS) is 28.2. The molecule has 1 aliphatic heterocycles. The van der Waals surface area contributed by atoms with Gasteiger partial charge in [0.15, 0.2) is 0 Å². The molecule has 1 aliphatic rings. The minimum Gasteiger partial charge on any atom is -0.389 e. The minimum atomic E-state index is -0.300. The molecule has 3 nitrogen and oxygen atoms in total. The molecule has 13 heavy (non-hydrogen) atoms. The standard InChI is InChI=1S/C10H21NO2/c1-2-3-4-5-6-11-9-7-13-8-10(9)12/h9-12H,2-8H2,1H3. The predicted octanol–water partition coefficient (Wildman–Crippen LogP) is 0.916. The number of nitrogens with one attached hydrogen (secondary N) is 1. The molecule has 78 valence electrons. The van der Waals surface area contributed by atoms with E-state index in [1.54, 1.807) is 0 Å². The highest BCUT2D eigenvalue weighted by Crippen LogP contribution is 2.05. The van der Waals surface area contributed by atoms with Crippen LogP contribution in [0, 0.1) is 0 Å². The number of rotatable bonds is 6. The van der Waals surface area contributed by atoms with Crippen molar-refractivity contribution in [1.29, 1.82) is 0 Å². The van der Waals surface area contributed by atoms with Gasteiger partial charge in [0.2, 0.25) is 0 Å². The Labute approximate surface area is 80.5 Å². The molecule has 0 aromatic carbocycles. The summed E-state index contributed by atoms with van der Waals surface area (Å²) < 4.78 is 5.14. The van der Waals surface area contributed by atoms with Gasteiger partial charge in [0.25, 0.3) is 0 Å². The fraction of sp³-hybridized carbons (Fsp3) is 1.00. The molecule has 0 radical (unpaired) electrons. The van der Waals surface area contributed by atoms with Crippen LogP contribution < -0.4 is 5.32 Å². The number of aliphatic hydroxyl groups is 1. The summed E-state index contributed by atoms with van der Waals surface area (Å²) in [6, 6.07) is 0.168. The van der Waals surface area contributed by atoms with Crippen LogP contribution in [0.1, 0.15) is 32.6 Å². The maximum absolute atomic E-state index is 9.40. The average molecular weight is 187 g/mol. The Balaban J connectivity index is 1.93. The Bertz CT molecular complexity index is 130. The van der Waals surface area contributed by atoms with Gasteiger partial charge in [0, 0.05) is 0 Å². The second-order valence-electron chi connectivity index (χ2n) is 3.73. The van der Waals surface area contributed by atoms with E-state index in [1.807, 2.05) is 0 Å². The number of ether oxygens (including phenoxy) is 1. The lowest BCUT2D eigenvalue weighted by atomic mass is 10.2. The number of hydrogen-bond donors (Lipinski definition) is 2. The molecule has 3 heteroatoms. The van der Waals surface area contributed by atoms with Gasteiger partial charge < -0.3 is 15.2 Å². The fourth-order valence-corrected chi connectivity index (χ4v) is 1.58. The van der Waals surface area contributed by atoms with Crippen LogP contribution in [0.3, 0.4) is 0 Å².